The molecule has 0 saturated heterocycles. The van der Waals surface area contributed by atoms with Crippen molar-refractivity contribution >= 4 is 97.0 Å². The Labute approximate surface area is 439 Å². The maximum Gasteiger partial charge on any atom is 0.252 e. The molecule has 2 aliphatic heterocycles. The minimum atomic E-state index is -0.198. The molecule has 0 fully saturated rings. The molecule has 0 unspecified atom stereocenters. The SMILES string of the molecule is [C-]#[N+]c1ccc(N2c3ccc(C)cc3B3c4cc(C)ccc4N(c4ccc(C#N)cc4N(c4ccccc4)c4ccccc4)c4cc(Oc5ccccc5C(C)C)cc2c43)c(N(c2ccccc2)c2ccccc2)c1. The van der Waals surface area contributed by atoms with E-state index in [1.807, 2.05) is 54.6 Å². The number of nitriles is 1. The number of nitrogens with zero attached hydrogens (tertiary/aromatic N) is 6. The van der Waals surface area contributed by atoms with Crippen LogP contribution in [0.5, 0.6) is 11.5 Å². The zero-order chi connectivity index (χ0) is 51.2. The summed E-state index contributed by atoms with van der Waals surface area (Å²) in [5, 5.41) is 10.6. The second-order valence-corrected chi connectivity index (χ2v) is 19.5. The number of benzene rings is 10. The lowest BCUT2D eigenvalue weighted by Gasteiger charge is -2.46. The average molecular weight is 967 g/mol. The third-order valence-electron chi connectivity index (χ3n) is 14.3. The first-order valence-electron chi connectivity index (χ1n) is 25.4. The molecular weight excluding hydrogens is 916 g/mol. The van der Waals surface area contributed by atoms with Gasteiger partial charge >= 0.3 is 0 Å². The number of hydrogen-bond donors (Lipinski definition) is 0. The highest BCUT2D eigenvalue weighted by Gasteiger charge is 2.45. The molecule has 0 spiro atoms. The molecule has 2 heterocycles. The molecule has 358 valence electrons. The van der Waals surface area contributed by atoms with Gasteiger partial charge < -0.3 is 24.3 Å². The van der Waals surface area contributed by atoms with Gasteiger partial charge in [-0.3, -0.25) is 0 Å². The summed E-state index contributed by atoms with van der Waals surface area (Å²) in [7, 11) is 0. The standard InChI is InChI=1S/C67H51BN6O/c1-45(2)55-28-18-19-29-66(55)75-54-42-64-67-65(43-54)74(61-37-33-49(70-5)41-63(61)72(52-24-14-8-15-25-52)53-26-16-9-17-27-53)59-35-31-47(4)39-57(59)68(67)56-38-46(3)30-34-58(56)73(64)60-36-32-48(44-69)40-62(60)71(50-20-10-6-11-21-50)51-22-12-7-13-23-51/h6-43,45H,1-4H3. The lowest BCUT2D eigenvalue weighted by Crippen LogP contribution is -2.61. The van der Waals surface area contributed by atoms with Crippen LogP contribution < -0.4 is 40.7 Å². The lowest BCUT2D eigenvalue weighted by molar-refractivity contribution is 0.473. The smallest absolute Gasteiger partial charge is 0.252 e. The van der Waals surface area contributed by atoms with Crippen molar-refractivity contribution in [1.29, 1.82) is 5.26 Å². The van der Waals surface area contributed by atoms with Gasteiger partial charge in [0.25, 0.3) is 6.71 Å². The molecule has 12 rings (SSSR count). The van der Waals surface area contributed by atoms with E-state index >= 15 is 0 Å². The number of fused-ring (bicyclic) bond motifs is 4. The number of ether oxygens (including phenoxy) is 1. The number of para-hydroxylation sites is 5. The summed E-state index contributed by atoms with van der Waals surface area (Å²) in [4.78, 5) is 13.3. The summed E-state index contributed by atoms with van der Waals surface area (Å²) in [6.45, 7) is 16.9. The fraction of sp³-hybridized carbons (Fsp3) is 0.0746. The van der Waals surface area contributed by atoms with Gasteiger partial charge in [0.1, 0.15) is 11.5 Å². The molecule has 0 bridgehead atoms. The number of anilines is 12. The Balaban J connectivity index is 1.20. The first-order valence-corrected chi connectivity index (χ1v) is 25.4. The van der Waals surface area contributed by atoms with Gasteiger partial charge in [-0.25, -0.2) is 4.85 Å². The van der Waals surface area contributed by atoms with Crippen molar-refractivity contribution in [3.05, 3.63) is 264 Å². The Morgan fingerprint density at radius 1 is 0.493 bits per heavy atom. The van der Waals surface area contributed by atoms with E-state index in [-0.39, 0.29) is 12.6 Å². The van der Waals surface area contributed by atoms with Crippen molar-refractivity contribution in [3.63, 3.8) is 0 Å². The second kappa shape index (κ2) is 19.3. The van der Waals surface area contributed by atoms with Gasteiger partial charge in [0.05, 0.1) is 41.0 Å². The van der Waals surface area contributed by atoms with Crippen LogP contribution in [-0.4, -0.2) is 6.71 Å². The summed E-state index contributed by atoms with van der Waals surface area (Å²) >= 11 is 0. The Bertz CT molecular complexity index is 3570. The first-order chi connectivity index (χ1) is 36.8. The van der Waals surface area contributed by atoms with Crippen LogP contribution in [0.2, 0.25) is 0 Å². The fourth-order valence-corrected chi connectivity index (χ4v) is 11.0. The second-order valence-electron chi connectivity index (χ2n) is 19.5. The van der Waals surface area contributed by atoms with Crippen molar-refractivity contribution < 1.29 is 4.74 Å². The summed E-state index contributed by atoms with van der Waals surface area (Å²) in [5.41, 5.74) is 19.1. The third-order valence-corrected chi connectivity index (χ3v) is 14.3. The maximum atomic E-state index is 10.6. The van der Waals surface area contributed by atoms with Gasteiger partial charge in [0, 0.05) is 57.6 Å². The summed E-state index contributed by atoms with van der Waals surface area (Å²) < 4.78 is 7.27. The molecular formula is C67H51BN6O. The van der Waals surface area contributed by atoms with E-state index in [1.165, 1.54) is 0 Å². The van der Waals surface area contributed by atoms with Gasteiger partial charge in [0.15, 0.2) is 5.69 Å². The summed E-state index contributed by atoms with van der Waals surface area (Å²) in [5.74, 6) is 1.65. The minimum absolute atomic E-state index is 0.198. The molecule has 7 nitrogen and oxygen atoms in total. The van der Waals surface area contributed by atoms with Crippen LogP contribution in [0, 0.1) is 31.8 Å². The van der Waals surface area contributed by atoms with Crippen molar-refractivity contribution in [1.82, 2.24) is 0 Å². The quantitative estimate of drug-likeness (QED) is 0.0951. The molecule has 8 heteroatoms. The Morgan fingerprint density at radius 2 is 0.933 bits per heavy atom. The zero-order valence-electron chi connectivity index (χ0n) is 42.2. The number of rotatable bonds is 11. The molecule has 0 atom stereocenters. The van der Waals surface area contributed by atoms with Gasteiger partial charge in [-0.05, 0) is 139 Å². The highest BCUT2D eigenvalue weighted by molar-refractivity contribution is 7.00. The lowest BCUT2D eigenvalue weighted by atomic mass is 9.33. The predicted octanol–water partition coefficient (Wildman–Crippen LogP) is 16.7. The number of aryl methyl sites for hydroxylation is 2. The van der Waals surface area contributed by atoms with Gasteiger partial charge in [-0.1, -0.05) is 146 Å². The largest absolute Gasteiger partial charge is 0.457 e. The molecule has 0 N–H and O–H groups in total. The van der Waals surface area contributed by atoms with Crippen LogP contribution in [0.4, 0.5) is 73.9 Å². The molecule has 75 heavy (non-hydrogen) atoms. The topological polar surface area (TPSA) is 50.3 Å². The van der Waals surface area contributed by atoms with E-state index in [4.69, 9.17) is 11.3 Å². The van der Waals surface area contributed by atoms with E-state index in [0.717, 1.165) is 107 Å². The van der Waals surface area contributed by atoms with Crippen molar-refractivity contribution in [2.75, 3.05) is 19.6 Å². The highest BCUT2D eigenvalue weighted by Crippen LogP contribution is 2.53. The van der Waals surface area contributed by atoms with Gasteiger partial charge in [-0.2, -0.15) is 5.26 Å². The summed E-state index contributed by atoms with van der Waals surface area (Å²) in [6, 6.07) is 82.4. The van der Waals surface area contributed by atoms with Crippen LogP contribution in [0.15, 0.2) is 231 Å². The van der Waals surface area contributed by atoms with Crippen molar-refractivity contribution in [3.8, 4) is 17.6 Å². The normalized spacial score (nSPS) is 12.0. The van der Waals surface area contributed by atoms with Crippen LogP contribution >= 0.6 is 0 Å². The Hall–Kier alpha value is -9.76. The van der Waals surface area contributed by atoms with Gasteiger partial charge in [0.2, 0.25) is 0 Å². The zero-order valence-corrected chi connectivity index (χ0v) is 42.2. The monoisotopic (exact) mass is 966 g/mol. The van der Waals surface area contributed by atoms with E-state index in [1.54, 1.807) is 0 Å². The van der Waals surface area contributed by atoms with E-state index in [2.05, 4.69) is 234 Å². The van der Waals surface area contributed by atoms with E-state index < -0.39 is 0 Å². The van der Waals surface area contributed by atoms with Crippen LogP contribution in [0.25, 0.3) is 4.85 Å². The molecule has 0 aromatic heterocycles. The predicted molar refractivity (Wildman–Crippen MR) is 311 cm³/mol. The minimum Gasteiger partial charge on any atom is -0.457 e. The molecule has 10 aromatic rings. The Kier molecular flexibility index (Phi) is 12.0. The fourth-order valence-electron chi connectivity index (χ4n) is 11.0. The van der Waals surface area contributed by atoms with Gasteiger partial charge in [-0.15, -0.1) is 0 Å². The van der Waals surface area contributed by atoms with Crippen LogP contribution in [0.3, 0.4) is 0 Å². The molecule has 0 saturated carbocycles. The van der Waals surface area contributed by atoms with E-state index in [9.17, 15) is 5.26 Å². The van der Waals surface area contributed by atoms with Crippen LogP contribution in [0.1, 0.15) is 42.0 Å². The van der Waals surface area contributed by atoms with E-state index in [0.29, 0.717) is 17.0 Å². The van der Waals surface area contributed by atoms with Crippen molar-refractivity contribution in [2.45, 2.75) is 33.6 Å². The number of hydrogen-bond acceptors (Lipinski definition) is 6. The third kappa shape index (κ3) is 8.29. The summed E-state index contributed by atoms with van der Waals surface area (Å²) in [6.07, 6.45) is 0. The molecule has 0 amide bonds. The first kappa shape index (κ1) is 46.3. The van der Waals surface area contributed by atoms with Crippen LogP contribution in [-0.2, 0) is 0 Å². The molecule has 10 aromatic carbocycles. The maximum absolute atomic E-state index is 10.6. The Morgan fingerprint density at radius 3 is 1.40 bits per heavy atom. The molecule has 0 radical (unpaired) electrons. The highest BCUT2D eigenvalue weighted by atomic mass is 16.5. The molecule has 2 aliphatic rings. The molecule has 0 aliphatic carbocycles. The van der Waals surface area contributed by atoms with Crippen molar-refractivity contribution in [2.24, 2.45) is 0 Å². The average Bonchev–Trinajstić information content (AvgIpc) is 3.56.